The molecule has 0 rings (SSSR count). The van der Waals surface area contributed by atoms with Gasteiger partial charge in [0.25, 0.3) is 5.17 Å². The molecule has 1 atom stereocenters. The summed E-state index contributed by atoms with van der Waals surface area (Å²) >= 11 is 4.68. The summed E-state index contributed by atoms with van der Waals surface area (Å²) in [6.07, 6.45) is -0.281. The Bertz CT molecular complexity index is 255. The Labute approximate surface area is 92.2 Å². The smallest absolute Gasteiger partial charge is 0.326 e. The molecule has 0 aromatic carbocycles. The van der Waals surface area contributed by atoms with Crippen LogP contribution in [0.4, 0.5) is 0 Å². The van der Waals surface area contributed by atoms with Crippen LogP contribution in [-0.2, 0) is 14.3 Å². The average molecular weight is 235 g/mol. The van der Waals surface area contributed by atoms with Gasteiger partial charge in [-0.05, 0) is 25.6 Å². The highest BCUT2D eigenvalue weighted by molar-refractivity contribution is 7.80. The molecule has 0 aliphatic carbocycles. The molecule has 0 saturated heterocycles. The van der Waals surface area contributed by atoms with Gasteiger partial charge in [-0.15, -0.1) is 0 Å². The molecule has 1 unspecified atom stereocenters. The molecular formula is C8H13NO5S. The number of thiocarbonyl (C=S) groups is 1. The predicted octanol–water partition coefficient (Wildman–Crippen LogP) is 0.215. The molecule has 15 heavy (non-hydrogen) atoms. The van der Waals surface area contributed by atoms with E-state index in [0.29, 0.717) is 6.61 Å². The first kappa shape index (κ1) is 13.6. The van der Waals surface area contributed by atoms with E-state index in [-0.39, 0.29) is 18.0 Å². The van der Waals surface area contributed by atoms with Crippen LogP contribution in [0.25, 0.3) is 0 Å². The van der Waals surface area contributed by atoms with E-state index in [1.165, 1.54) is 0 Å². The average Bonchev–Trinajstić information content (AvgIpc) is 2.11. The van der Waals surface area contributed by atoms with Crippen molar-refractivity contribution in [2.24, 2.45) is 0 Å². The molecule has 7 heteroatoms. The van der Waals surface area contributed by atoms with Gasteiger partial charge in [0, 0.05) is 6.42 Å². The van der Waals surface area contributed by atoms with Crippen LogP contribution in [0.5, 0.6) is 0 Å². The highest BCUT2D eigenvalue weighted by Gasteiger charge is 2.19. The maximum Gasteiger partial charge on any atom is 0.326 e. The van der Waals surface area contributed by atoms with Crippen molar-refractivity contribution in [3.63, 3.8) is 0 Å². The maximum atomic E-state index is 10.7. The summed E-state index contributed by atoms with van der Waals surface area (Å²) in [4.78, 5) is 20.9. The van der Waals surface area contributed by atoms with E-state index in [4.69, 9.17) is 14.9 Å². The van der Waals surface area contributed by atoms with E-state index in [0.717, 1.165) is 0 Å². The van der Waals surface area contributed by atoms with Crippen molar-refractivity contribution in [2.75, 3.05) is 6.61 Å². The van der Waals surface area contributed by atoms with Crippen LogP contribution in [0.3, 0.4) is 0 Å². The van der Waals surface area contributed by atoms with E-state index in [1.54, 1.807) is 6.92 Å². The van der Waals surface area contributed by atoms with Crippen molar-refractivity contribution in [1.82, 2.24) is 5.32 Å². The number of hydrogen-bond donors (Lipinski definition) is 3. The highest BCUT2D eigenvalue weighted by atomic mass is 32.1. The first-order valence-electron chi connectivity index (χ1n) is 4.35. The standard InChI is InChI=1S/C8H13NO5S/c1-2-14-8(15)9-5(7(12)13)3-4-6(10)11/h5H,2-4H2,1H3,(H,9,15)(H,10,11)(H,12,13). The second-order valence-corrected chi connectivity index (χ2v) is 3.06. The fraction of sp³-hybridized carbons (Fsp3) is 0.625. The summed E-state index contributed by atoms with van der Waals surface area (Å²) in [6, 6.07) is -1.03. The number of ether oxygens (including phenoxy) is 1. The molecule has 3 N–H and O–H groups in total. The summed E-state index contributed by atoms with van der Waals surface area (Å²) in [5, 5.41) is 19.5. The Morgan fingerprint density at radius 2 is 2.07 bits per heavy atom. The van der Waals surface area contributed by atoms with Crippen molar-refractivity contribution in [2.45, 2.75) is 25.8 Å². The molecule has 0 aliphatic heterocycles. The van der Waals surface area contributed by atoms with Gasteiger partial charge in [0.1, 0.15) is 6.04 Å². The summed E-state index contributed by atoms with van der Waals surface area (Å²) in [6.45, 7) is 2.04. The van der Waals surface area contributed by atoms with Gasteiger partial charge >= 0.3 is 11.9 Å². The topological polar surface area (TPSA) is 95.9 Å². The van der Waals surface area contributed by atoms with E-state index in [1.807, 2.05) is 0 Å². The molecular weight excluding hydrogens is 222 g/mol. The van der Waals surface area contributed by atoms with Crippen molar-refractivity contribution in [3.05, 3.63) is 0 Å². The minimum Gasteiger partial charge on any atom is -0.481 e. The second-order valence-electron chi connectivity index (χ2n) is 2.69. The van der Waals surface area contributed by atoms with Crippen molar-refractivity contribution < 1.29 is 24.5 Å². The minimum atomic E-state index is -1.15. The quantitative estimate of drug-likeness (QED) is 0.566. The predicted molar refractivity (Wildman–Crippen MR) is 55.7 cm³/mol. The number of carboxylic acid groups (broad SMARTS) is 2. The van der Waals surface area contributed by atoms with E-state index in [9.17, 15) is 9.59 Å². The molecule has 0 aliphatic rings. The van der Waals surface area contributed by atoms with Gasteiger partial charge in [-0.2, -0.15) is 0 Å². The molecule has 0 aromatic rings. The highest BCUT2D eigenvalue weighted by Crippen LogP contribution is 1.98. The first-order valence-corrected chi connectivity index (χ1v) is 4.76. The third-order valence-electron chi connectivity index (χ3n) is 1.51. The summed E-state index contributed by atoms with van der Waals surface area (Å²) in [5.41, 5.74) is 0. The van der Waals surface area contributed by atoms with E-state index >= 15 is 0 Å². The molecule has 6 nitrogen and oxygen atoms in total. The zero-order chi connectivity index (χ0) is 11.8. The molecule has 0 spiro atoms. The molecule has 0 fully saturated rings. The van der Waals surface area contributed by atoms with Crippen molar-refractivity contribution in [1.29, 1.82) is 0 Å². The van der Waals surface area contributed by atoms with Crippen LogP contribution >= 0.6 is 12.2 Å². The lowest BCUT2D eigenvalue weighted by molar-refractivity contribution is -0.140. The van der Waals surface area contributed by atoms with Gasteiger partial charge in [0.05, 0.1) is 6.61 Å². The van der Waals surface area contributed by atoms with Crippen molar-refractivity contribution >= 4 is 29.3 Å². The Morgan fingerprint density at radius 1 is 1.47 bits per heavy atom. The number of rotatable bonds is 6. The second kappa shape index (κ2) is 6.99. The van der Waals surface area contributed by atoms with Crippen LogP contribution in [0, 0.1) is 0 Å². The summed E-state index contributed by atoms with van der Waals surface area (Å²) in [5.74, 6) is -2.20. The van der Waals surface area contributed by atoms with Gasteiger partial charge < -0.3 is 20.3 Å². The first-order chi connectivity index (χ1) is 6.97. The number of carboxylic acids is 2. The molecule has 0 heterocycles. The third kappa shape index (κ3) is 6.67. The third-order valence-corrected chi connectivity index (χ3v) is 1.75. The van der Waals surface area contributed by atoms with E-state index < -0.39 is 18.0 Å². The lowest BCUT2D eigenvalue weighted by Crippen LogP contribution is -2.41. The van der Waals surface area contributed by atoms with Gasteiger partial charge in [-0.1, -0.05) is 0 Å². The number of hydrogen-bond acceptors (Lipinski definition) is 4. The maximum absolute atomic E-state index is 10.7. The van der Waals surface area contributed by atoms with Crippen LogP contribution < -0.4 is 5.32 Å². The normalized spacial score (nSPS) is 11.5. The molecule has 0 radical (unpaired) electrons. The van der Waals surface area contributed by atoms with Gasteiger partial charge in [-0.3, -0.25) is 4.79 Å². The minimum absolute atomic E-state index is 0.0321. The lowest BCUT2D eigenvalue weighted by atomic mass is 10.1. The zero-order valence-corrected chi connectivity index (χ0v) is 9.04. The molecule has 0 saturated carbocycles. The fourth-order valence-corrected chi connectivity index (χ4v) is 1.10. The van der Waals surface area contributed by atoms with Gasteiger partial charge in [0.15, 0.2) is 0 Å². The molecule has 86 valence electrons. The monoisotopic (exact) mass is 235 g/mol. The van der Waals surface area contributed by atoms with Crippen molar-refractivity contribution in [3.8, 4) is 0 Å². The van der Waals surface area contributed by atoms with E-state index in [2.05, 4.69) is 17.5 Å². The van der Waals surface area contributed by atoms with Gasteiger partial charge in [0.2, 0.25) is 0 Å². The van der Waals surface area contributed by atoms with Crippen LogP contribution in [0.15, 0.2) is 0 Å². The van der Waals surface area contributed by atoms with Gasteiger partial charge in [-0.25, -0.2) is 4.79 Å². The zero-order valence-electron chi connectivity index (χ0n) is 8.23. The molecule has 0 bridgehead atoms. The number of aliphatic carboxylic acids is 2. The Kier molecular flexibility index (Phi) is 6.35. The largest absolute Gasteiger partial charge is 0.481 e. The fourth-order valence-electron chi connectivity index (χ4n) is 0.840. The van der Waals surface area contributed by atoms with Crippen LogP contribution in [0.2, 0.25) is 0 Å². The lowest BCUT2D eigenvalue weighted by Gasteiger charge is -2.14. The number of carbonyl (C=O) groups is 2. The Hall–Kier alpha value is -1.37. The Morgan fingerprint density at radius 3 is 2.47 bits per heavy atom. The van der Waals surface area contributed by atoms with Crippen LogP contribution in [0.1, 0.15) is 19.8 Å². The molecule has 0 amide bonds. The summed E-state index contributed by atoms with van der Waals surface area (Å²) < 4.78 is 4.84. The summed E-state index contributed by atoms with van der Waals surface area (Å²) in [7, 11) is 0. The van der Waals surface area contributed by atoms with Crippen LogP contribution in [-0.4, -0.2) is 40.0 Å². The SMILES string of the molecule is CCOC(=S)NC(CCC(=O)O)C(=O)O. The number of nitrogens with one attached hydrogen (secondary N) is 1. The Balaban J connectivity index is 4.10. The molecule has 0 aromatic heterocycles.